The van der Waals surface area contributed by atoms with E-state index in [0.29, 0.717) is 67.7 Å². The van der Waals surface area contributed by atoms with Crippen LogP contribution in [0.1, 0.15) is 57.3 Å². The van der Waals surface area contributed by atoms with E-state index in [2.05, 4.69) is 47.7 Å². The molecule has 3 aliphatic rings. The second kappa shape index (κ2) is 14.5. The number of piperidine rings is 1. The van der Waals surface area contributed by atoms with E-state index in [0.717, 1.165) is 40.2 Å². The molecule has 276 valence electrons. The van der Waals surface area contributed by atoms with Crippen LogP contribution in [-0.4, -0.2) is 109 Å². The van der Waals surface area contributed by atoms with E-state index in [4.69, 9.17) is 4.98 Å². The maximum atomic E-state index is 13.5. The molecule has 0 saturated carbocycles. The van der Waals surface area contributed by atoms with Crippen molar-refractivity contribution in [1.82, 2.24) is 45.2 Å². The molecule has 1 atom stereocenters. The molecular formula is C38H39N11O5. The molecule has 0 aliphatic carbocycles. The Labute approximate surface area is 309 Å². The molecule has 6 heterocycles. The number of aromatic amines is 1. The highest BCUT2D eigenvalue weighted by Gasteiger charge is 2.46. The lowest BCUT2D eigenvalue weighted by atomic mass is 10.0. The van der Waals surface area contributed by atoms with E-state index >= 15 is 0 Å². The number of nitrogens with one attached hydrogen (secondary N) is 4. The Hall–Kier alpha value is -6.42. The fourth-order valence-corrected chi connectivity index (χ4v) is 7.29. The minimum atomic E-state index is -1.01. The summed E-state index contributed by atoms with van der Waals surface area (Å²) in [6.45, 7) is 6.64. The van der Waals surface area contributed by atoms with Gasteiger partial charge in [0.1, 0.15) is 11.7 Å². The highest BCUT2D eigenvalue weighted by atomic mass is 16.2. The van der Waals surface area contributed by atoms with Crippen LogP contribution in [0.2, 0.25) is 0 Å². The zero-order valence-corrected chi connectivity index (χ0v) is 29.7. The number of carbonyl (C=O) groups excluding carboxylic acids is 5. The van der Waals surface area contributed by atoms with Gasteiger partial charge in [-0.2, -0.15) is 10.1 Å². The average molecular weight is 730 g/mol. The molecule has 2 aromatic carbocycles. The Bertz CT molecular complexity index is 2270. The lowest BCUT2D eigenvalue weighted by Gasteiger charge is -2.36. The molecule has 0 bridgehead atoms. The van der Waals surface area contributed by atoms with Crippen LogP contribution in [0.15, 0.2) is 67.1 Å². The number of benzene rings is 2. The summed E-state index contributed by atoms with van der Waals surface area (Å²) in [4.78, 5) is 81.8. The average Bonchev–Trinajstić information content (AvgIpc) is 3.91. The zero-order chi connectivity index (χ0) is 37.3. The zero-order valence-electron chi connectivity index (χ0n) is 29.7. The lowest BCUT2D eigenvalue weighted by molar-refractivity contribution is -0.136. The van der Waals surface area contributed by atoms with Gasteiger partial charge in [0.25, 0.3) is 17.7 Å². The molecule has 3 aliphatic heterocycles. The number of anilines is 3. The van der Waals surface area contributed by atoms with Gasteiger partial charge in [-0.25, -0.2) is 4.98 Å². The summed E-state index contributed by atoms with van der Waals surface area (Å²) in [5, 5.41) is 13.9. The van der Waals surface area contributed by atoms with Crippen molar-refractivity contribution in [2.45, 2.75) is 38.8 Å². The van der Waals surface area contributed by atoms with Gasteiger partial charge < -0.3 is 20.5 Å². The molecule has 1 unspecified atom stereocenters. The third kappa shape index (κ3) is 6.67. The van der Waals surface area contributed by atoms with Gasteiger partial charge in [0.05, 0.1) is 28.7 Å². The molecule has 5 aromatic rings. The van der Waals surface area contributed by atoms with Crippen molar-refractivity contribution in [3.05, 3.63) is 83.8 Å². The van der Waals surface area contributed by atoms with E-state index < -0.39 is 29.7 Å². The molecule has 16 nitrogen and oxygen atoms in total. The number of hydrogen-bond donors (Lipinski definition) is 4. The highest BCUT2D eigenvalue weighted by molar-refractivity contribution is 6.25. The molecule has 2 saturated heterocycles. The van der Waals surface area contributed by atoms with Crippen molar-refractivity contribution < 1.29 is 24.0 Å². The predicted octanol–water partition coefficient (Wildman–Crippen LogP) is 2.93. The largest absolute Gasteiger partial charge is 0.368 e. The molecule has 16 heteroatoms. The Kier molecular flexibility index (Phi) is 9.33. The van der Waals surface area contributed by atoms with Gasteiger partial charge in [-0.1, -0.05) is 13.0 Å². The molecule has 54 heavy (non-hydrogen) atoms. The van der Waals surface area contributed by atoms with Crippen molar-refractivity contribution in [2.75, 3.05) is 49.5 Å². The van der Waals surface area contributed by atoms with E-state index in [-0.39, 0.29) is 24.3 Å². The van der Waals surface area contributed by atoms with Crippen LogP contribution in [0.5, 0.6) is 0 Å². The maximum Gasteiger partial charge on any atom is 0.264 e. The normalized spacial score (nSPS) is 17.6. The summed E-state index contributed by atoms with van der Waals surface area (Å²) in [6, 6.07) is 13.3. The lowest BCUT2D eigenvalue weighted by Crippen LogP contribution is -2.54. The van der Waals surface area contributed by atoms with Crippen molar-refractivity contribution in [3.63, 3.8) is 0 Å². The summed E-state index contributed by atoms with van der Waals surface area (Å²) in [5.41, 5.74) is 4.87. The molecule has 2 fully saturated rings. The van der Waals surface area contributed by atoms with Crippen LogP contribution in [0, 0.1) is 0 Å². The van der Waals surface area contributed by atoms with Gasteiger partial charge >= 0.3 is 0 Å². The molecule has 0 radical (unpaired) electrons. The number of H-pyrrole nitrogens is 1. The summed E-state index contributed by atoms with van der Waals surface area (Å²) in [5.74, 6) is -1.83. The summed E-state index contributed by atoms with van der Waals surface area (Å²) in [7, 11) is 0. The third-order valence-corrected chi connectivity index (χ3v) is 10.1. The van der Waals surface area contributed by atoms with Crippen LogP contribution in [0.4, 0.5) is 17.3 Å². The van der Waals surface area contributed by atoms with Crippen LogP contribution >= 0.6 is 0 Å². The minimum Gasteiger partial charge on any atom is -0.368 e. The fourth-order valence-electron chi connectivity index (χ4n) is 7.29. The first-order chi connectivity index (χ1) is 26.3. The predicted molar refractivity (Wildman–Crippen MR) is 199 cm³/mol. The molecule has 4 N–H and O–H groups in total. The third-order valence-electron chi connectivity index (χ3n) is 10.1. The van der Waals surface area contributed by atoms with Gasteiger partial charge in [-0.15, -0.1) is 0 Å². The Morgan fingerprint density at radius 2 is 1.76 bits per heavy atom. The van der Waals surface area contributed by atoms with Crippen LogP contribution in [0.25, 0.3) is 22.3 Å². The topological polar surface area (TPSA) is 191 Å². The summed E-state index contributed by atoms with van der Waals surface area (Å²) < 4.78 is 1.90. The summed E-state index contributed by atoms with van der Waals surface area (Å²) in [6.07, 6.45) is 6.79. The molecule has 5 amide bonds. The smallest absolute Gasteiger partial charge is 0.264 e. The van der Waals surface area contributed by atoms with Crippen LogP contribution < -0.4 is 20.9 Å². The van der Waals surface area contributed by atoms with E-state index in [1.54, 1.807) is 24.3 Å². The first-order valence-electron chi connectivity index (χ1n) is 18.1. The van der Waals surface area contributed by atoms with Gasteiger partial charge in [0.2, 0.25) is 17.8 Å². The van der Waals surface area contributed by atoms with Crippen molar-refractivity contribution in [2.24, 2.45) is 0 Å². The Morgan fingerprint density at radius 1 is 0.944 bits per heavy atom. The number of fused-ring (bicyclic) bond motifs is 2. The quantitative estimate of drug-likeness (QED) is 0.146. The number of amides is 5. The SMILES string of the molecule is CCCn1cc(-c2nc(Nc3ccc(C(=O)NCCN4CCN(c5cccc6c5C(=O)N(C5CCC(=O)NC5=O)C6=O)CC4)cc3)nc3[nH]ccc23)cn1. The second-order valence-electron chi connectivity index (χ2n) is 13.6. The number of carbonyl (C=O) groups is 5. The second-order valence-corrected chi connectivity index (χ2v) is 13.6. The first kappa shape index (κ1) is 34.7. The van der Waals surface area contributed by atoms with Gasteiger partial charge in [0.15, 0.2) is 0 Å². The number of aryl methyl sites for hydroxylation is 1. The maximum absolute atomic E-state index is 13.5. The van der Waals surface area contributed by atoms with Gasteiger partial charge in [-0.05, 0) is 55.3 Å². The fraction of sp³-hybridized carbons (Fsp3) is 0.316. The van der Waals surface area contributed by atoms with E-state index in [9.17, 15) is 24.0 Å². The Morgan fingerprint density at radius 3 is 2.54 bits per heavy atom. The van der Waals surface area contributed by atoms with Crippen LogP contribution in [-0.2, 0) is 16.1 Å². The van der Waals surface area contributed by atoms with Crippen molar-refractivity contribution in [1.29, 1.82) is 0 Å². The molecule has 3 aromatic heterocycles. The van der Waals surface area contributed by atoms with E-state index in [1.165, 1.54) is 0 Å². The molecular weight excluding hydrogens is 690 g/mol. The Balaban J connectivity index is 0.836. The number of rotatable bonds is 11. The number of nitrogens with zero attached hydrogens (tertiary/aromatic N) is 7. The first-order valence-corrected chi connectivity index (χ1v) is 18.1. The minimum absolute atomic E-state index is 0.0699. The van der Waals surface area contributed by atoms with E-state index in [1.807, 2.05) is 47.5 Å². The summed E-state index contributed by atoms with van der Waals surface area (Å²) >= 11 is 0. The van der Waals surface area contributed by atoms with Crippen molar-refractivity contribution in [3.8, 4) is 11.3 Å². The number of hydrogen-bond acceptors (Lipinski definition) is 11. The number of imide groups is 2. The van der Waals surface area contributed by atoms with Crippen LogP contribution in [0.3, 0.4) is 0 Å². The standard InChI is InChI=1S/C38H39N11O5/c1-2-15-48-22-24(21-41-48)32-27-12-13-39-33(27)45-38(44-32)42-25-8-6-23(7-9-25)34(51)40-14-16-46-17-19-47(20-18-46)28-5-3-4-26-31(28)37(54)49(36(26)53)29-10-11-30(50)43-35(29)52/h3-9,12-13,21-22,29H,2,10-11,14-20H2,1H3,(H,40,51)(H,43,50,52)(H2,39,42,44,45). The number of aromatic nitrogens is 5. The number of piperazine rings is 1. The molecule has 0 spiro atoms. The molecule has 8 rings (SSSR count). The highest BCUT2D eigenvalue weighted by Crippen LogP contribution is 2.35. The van der Waals surface area contributed by atoms with Gasteiger partial charge in [0, 0.05) is 86.8 Å². The van der Waals surface area contributed by atoms with Gasteiger partial charge in [-0.3, -0.25) is 43.8 Å². The van der Waals surface area contributed by atoms with Crippen molar-refractivity contribution >= 4 is 57.9 Å². The monoisotopic (exact) mass is 729 g/mol.